The van der Waals surface area contributed by atoms with E-state index in [0.29, 0.717) is 11.0 Å². The van der Waals surface area contributed by atoms with Gasteiger partial charge in [-0.2, -0.15) is 8.78 Å². The van der Waals surface area contributed by atoms with Crippen molar-refractivity contribution in [3.8, 4) is 0 Å². The van der Waals surface area contributed by atoms with Crippen LogP contribution in [-0.2, 0) is 5.92 Å². The minimum atomic E-state index is -3.04. The van der Waals surface area contributed by atoms with Crippen molar-refractivity contribution >= 4 is 26.9 Å². The minimum Gasteiger partial charge on any atom is -0.356 e. The quantitative estimate of drug-likeness (QED) is 0.761. The molecule has 0 amide bonds. The summed E-state index contributed by atoms with van der Waals surface area (Å²) in [5, 5.41) is 3.88. The van der Waals surface area contributed by atoms with Crippen LogP contribution in [0.25, 0.3) is 11.0 Å². The standard InChI is InChI=1S/C12H12BrF2NO/c1-11(2,3)12(14,15)10-8-5-4-7(13)6-9(8)17-16-10/h4-6H,1-3H3. The molecule has 0 spiro atoms. The van der Waals surface area contributed by atoms with E-state index in [1.165, 1.54) is 20.8 Å². The molecule has 2 aromatic rings. The van der Waals surface area contributed by atoms with E-state index in [0.717, 1.165) is 4.47 Å². The molecule has 0 radical (unpaired) electrons. The second-order valence-corrected chi connectivity index (χ2v) is 5.91. The molecular weight excluding hydrogens is 292 g/mol. The van der Waals surface area contributed by atoms with Crippen LogP contribution in [0.15, 0.2) is 27.2 Å². The molecule has 0 aliphatic rings. The summed E-state index contributed by atoms with van der Waals surface area (Å²) in [6.45, 7) is 4.44. The van der Waals surface area contributed by atoms with Gasteiger partial charge in [0.2, 0.25) is 0 Å². The summed E-state index contributed by atoms with van der Waals surface area (Å²) >= 11 is 3.26. The lowest BCUT2D eigenvalue weighted by Gasteiger charge is -2.28. The molecule has 2 nitrogen and oxygen atoms in total. The second kappa shape index (κ2) is 3.77. The third-order valence-corrected chi connectivity index (χ3v) is 3.17. The van der Waals surface area contributed by atoms with Crippen molar-refractivity contribution in [1.82, 2.24) is 5.16 Å². The first-order valence-corrected chi connectivity index (χ1v) is 5.96. The van der Waals surface area contributed by atoms with Gasteiger partial charge in [0, 0.05) is 9.89 Å². The van der Waals surface area contributed by atoms with E-state index in [-0.39, 0.29) is 5.69 Å². The van der Waals surface area contributed by atoms with Crippen molar-refractivity contribution in [3.63, 3.8) is 0 Å². The highest BCUT2D eigenvalue weighted by atomic mass is 79.9. The molecule has 0 aliphatic carbocycles. The molecule has 0 bridgehead atoms. The van der Waals surface area contributed by atoms with Gasteiger partial charge in [-0.05, 0) is 18.2 Å². The van der Waals surface area contributed by atoms with Crippen molar-refractivity contribution in [2.75, 3.05) is 0 Å². The molecule has 0 saturated heterocycles. The third-order valence-electron chi connectivity index (χ3n) is 2.67. The number of halogens is 3. The number of hydrogen-bond acceptors (Lipinski definition) is 2. The number of alkyl halides is 2. The highest BCUT2D eigenvalue weighted by Gasteiger charge is 2.48. The molecule has 0 unspecified atom stereocenters. The van der Waals surface area contributed by atoms with Gasteiger partial charge in [0.1, 0.15) is 0 Å². The Hall–Kier alpha value is -0.970. The largest absolute Gasteiger partial charge is 0.356 e. The van der Waals surface area contributed by atoms with Crippen LogP contribution in [0.2, 0.25) is 0 Å². The summed E-state index contributed by atoms with van der Waals surface area (Å²) in [5.41, 5.74) is -1.14. The lowest BCUT2D eigenvalue weighted by atomic mass is 9.85. The fraction of sp³-hybridized carbons (Fsp3) is 0.417. The van der Waals surface area contributed by atoms with Crippen LogP contribution in [0, 0.1) is 5.41 Å². The number of rotatable bonds is 1. The van der Waals surface area contributed by atoms with E-state index < -0.39 is 11.3 Å². The number of benzene rings is 1. The normalized spacial score (nSPS) is 13.3. The zero-order chi connectivity index (χ0) is 12.8. The van der Waals surface area contributed by atoms with Crippen LogP contribution >= 0.6 is 15.9 Å². The summed E-state index contributed by atoms with van der Waals surface area (Å²) in [5.74, 6) is -3.04. The molecule has 1 aromatic carbocycles. The van der Waals surface area contributed by atoms with Crippen LogP contribution < -0.4 is 0 Å². The molecule has 17 heavy (non-hydrogen) atoms. The van der Waals surface area contributed by atoms with E-state index in [9.17, 15) is 8.78 Å². The smallest absolute Gasteiger partial charge is 0.298 e. The van der Waals surface area contributed by atoms with E-state index in [1.807, 2.05) is 0 Å². The van der Waals surface area contributed by atoms with E-state index >= 15 is 0 Å². The number of fused-ring (bicyclic) bond motifs is 1. The maximum atomic E-state index is 14.2. The SMILES string of the molecule is CC(C)(C)C(F)(F)c1noc2cc(Br)ccc12. The fourth-order valence-corrected chi connectivity index (χ4v) is 1.83. The molecule has 0 fully saturated rings. The van der Waals surface area contributed by atoms with Crippen LogP contribution in [0.4, 0.5) is 8.78 Å². The lowest BCUT2D eigenvalue weighted by molar-refractivity contribution is -0.108. The van der Waals surface area contributed by atoms with Crippen molar-refractivity contribution in [2.24, 2.45) is 5.41 Å². The molecule has 0 atom stereocenters. The average Bonchev–Trinajstić information content (AvgIpc) is 2.58. The van der Waals surface area contributed by atoms with Gasteiger partial charge < -0.3 is 4.52 Å². The Balaban J connectivity index is 2.65. The topological polar surface area (TPSA) is 26.0 Å². The first-order valence-electron chi connectivity index (χ1n) is 5.17. The Bertz CT molecular complexity index is 557. The Labute approximate surface area is 106 Å². The molecule has 5 heteroatoms. The van der Waals surface area contributed by atoms with Gasteiger partial charge in [0.15, 0.2) is 11.3 Å². The van der Waals surface area contributed by atoms with Crippen molar-refractivity contribution in [3.05, 3.63) is 28.4 Å². The zero-order valence-corrected chi connectivity index (χ0v) is 11.3. The maximum absolute atomic E-state index is 14.2. The Morgan fingerprint density at radius 2 is 1.88 bits per heavy atom. The van der Waals surface area contributed by atoms with Crippen LogP contribution in [0.1, 0.15) is 26.5 Å². The monoisotopic (exact) mass is 303 g/mol. The van der Waals surface area contributed by atoms with Crippen LogP contribution in [0.5, 0.6) is 0 Å². The molecular formula is C12H12BrF2NO. The van der Waals surface area contributed by atoms with E-state index in [1.54, 1.807) is 18.2 Å². The highest BCUT2D eigenvalue weighted by Crippen LogP contribution is 2.46. The zero-order valence-electron chi connectivity index (χ0n) is 9.72. The van der Waals surface area contributed by atoms with Crippen LogP contribution in [-0.4, -0.2) is 5.16 Å². The molecule has 1 heterocycles. The van der Waals surface area contributed by atoms with Gasteiger partial charge in [0.05, 0.1) is 5.39 Å². The molecule has 0 saturated carbocycles. The van der Waals surface area contributed by atoms with E-state index in [4.69, 9.17) is 4.52 Å². The molecule has 0 N–H and O–H groups in total. The number of aromatic nitrogens is 1. The third kappa shape index (κ3) is 1.97. The molecule has 1 aromatic heterocycles. The second-order valence-electron chi connectivity index (χ2n) is 5.00. The Morgan fingerprint density at radius 1 is 1.24 bits per heavy atom. The fourth-order valence-electron chi connectivity index (χ4n) is 1.49. The first-order chi connectivity index (χ1) is 7.73. The predicted octanol–water partition coefficient (Wildman–Crippen LogP) is 4.73. The Kier molecular flexibility index (Phi) is 2.77. The van der Waals surface area contributed by atoms with Gasteiger partial charge in [-0.25, -0.2) is 0 Å². The van der Waals surface area contributed by atoms with Gasteiger partial charge in [-0.15, -0.1) is 0 Å². The summed E-state index contributed by atoms with van der Waals surface area (Å²) in [6.07, 6.45) is 0. The summed E-state index contributed by atoms with van der Waals surface area (Å²) in [7, 11) is 0. The van der Waals surface area contributed by atoms with Crippen molar-refractivity contribution < 1.29 is 13.3 Å². The van der Waals surface area contributed by atoms with Gasteiger partial charge >= 0.3 is 0 Å². The summed E-state index contributed by atoms with van der Waals surface area (Å²) in [4.78, 5) is 0. The van der Waals surface area contributed by atoms with Crippen molar-refractivity contribution in [2.45, 2.75) is 26.7 Å². The number of hydrogen-bond donors (Lipinski definition) is 0. The molecule has 2 rings (SSSR count). The molecule has 0 aliphatic heterocycles. The summed E-state index contributed by atoms with van der Waals surface area (Å²) in [6, 6.07) is 4.91. The maximum Gasteiger partial charge on any atom is 0.298 e. The lowest BCUT2D eigenvalue weighted by Crippen LogP contribution is -2.31. The molecule has 92 valence electrons. The minimum absolute atomic E-state index is 0.299. The van der Waals surface area contributed by atoms with Crippen LogP contribution in [0.3, 0.4) is 0 Å². The summed E-state index contributed by atoms with van der Waals surface area (Å²) < 4.78 is 34.1. The predicted molar refractivity (Wildman–Crippen MR) is 65.1 cm³/mol. The van der Waals surface area contributed by atoms with Gasteiger partial charge in [-0.3, -0.25) is 0 Å². The highest BCUT2D eigenvalue weighted by molar-refractivity contribution is 9.10. The van der Waals surface area contributed by atoms with Gasteiger partial charge in [-0.1, -0.05) is 41.9 Å². The van der Waals surface area contributed by atoms with Crippen molar-refractivity contribution in [1.29, 1.82) is 0 Å². The van der Waals surface area contributed by atoms with E-state index in [2.05, 4.69) is 21.1 Å². The average molecular weight is 304 g/mol. The Morgan fingerprint density at radius 3 is 2.47 bits per heavy atom. The first kappa shape index (κ1) is 12.5. The number of nitrogens with zero attached hydrogens (tertiary/aromatic N) is 1. The van der Waals surface area contributed by atoms with Gasteiger partial charge in [0.25, 0.3) is 5.92 Å².